The molecule has 2 rings (SSSR count). The van der Waals surface area contributed by atoms with Gasteiger partial charge in [0.05, 0.1) is 11.1 Å². The largest absolute Gasteiger partial charge is 0.449 e. The molecule has 0 aliphatic carbocycles. The minimum absolute atomic E-state index is 0.126. The average molecular weight is 330 g/mol. The van der Waals surface area contributed by atoms with Gasteiger partial charge in [-0.3, -0.25) is 10.1 Å². The second-order valence-electron chi connectivity index (χ2n) is 3.29. The molecule has 0 unspecified atom stereocenters. The van der Waals surface area contributed by atoms with Crippen molar-refractivity contribution in [3.05, 3.63) is 56.3 Å². The summed E-state index contributed by atoms with van der Waals surface area (Å²) in [5, 5.41) is 11.2. The van der Waals surface area contributed by atoms with Crippen molar-refractivity contribution in [2.75, 3.05) is 0 Å². The molecule has 1 heterocycles. The van der Waals surface area contributed by atoms with Gasteiger partial charge < -0.3 is 4.74 Å². The molecule has 1 aromatic heterocycles. The molecule has 1 aromatic carbocycles. The lowest BCUT2D eigenvalue weighted by Crippen LogP contribution is -1.93. The van der Waals surface area contributed by atoms with Crippen molar-refractivity contribution < 1.29 is 9.66 Å². The predicted molar refractivity (Wildman–Crippen MR) is 70.1 cm³/mol. The Bertz CT molecular complexity index is 589. The molecule has 2 aromatic rings. The van der Waals surface area contributed by atoms with Crippen molar-refractivity contribution in [1.29, 1.82) is 0 Å². The fourth-order valence-corrected chi connectivity index (χ4v) is 1.73. The van der Waals surface area contributed by atoms with Crippen molar-refractivity contribution in [2.24, 2.45) is 0 Å². The SMILES string of the molecule is O=[N+]([O-])c1cc(Br)ccc1Oc1ccc(Cl)nc1. The third-order valence-electron chi connectivity index (χ3n) is 2.05. The van der Waals surface area contributed by atoms with Gasteiger partial charge in [0.15, 0.2) is 0 Å². The van der Waals surface area contributed by atoms with Gasteiger partial charge in [-0.1, -0.05) is 27.5 Å². The summed E-state index contributed by atoms with van der Waals surface area (Å²) >= 11 is 8.81. The lowest BCUT2D eigenvalue weighted by molar-refractivity contribution is -0.385. The summed E-state index contributed by atoms with van der Waals surface area (Å²) in [6, 6.07) is 7.67. The van der Waals surface area contributed by atoms with Crippen LogP contribution < -0.4 is 4.74 Å². The predicted octanol–water partition coefficient (Wildman–Crippen LogP) is 4.20. The van der Waals surface area contributed by atoms with Crippen LogP contribution >= 0.6 is 27.5 Å². The maximum atomic E-state index is 10.9. The topological polar surface area (TPSA) is 65.3 Å². The second-order valence-corrected chi connectivity index (χ2v) is 4.59. The van der Waals surface area contributed by atoms with Crippen LogP contribution in [0.1, 0.15) is 0 Å². The molecule has 92 valence electrons. The molecule has 0 spiro atoms. The van der Waals surface area contributed by atoms with Crippen LogP contribution in [-0.4, -0.2) is 9.91 Å². The second kappa shape index (κ2) is 5.32. The minimum Gasteiger partial charge on any atom is -0.449 e. The van der Waals surface area contributed by atoms with Gasteiger partial charge in [0.2, 0.25) is 5.75 Å². The molecule has 0 aliphatic heterocycles. The molecule has 18 heavy (non-hydrogen) atoms. The number of hydrogen-bond donors (Lipinski definition) is 0. The first-order valence-corrected chi connectivity index (χ1v) is 5.97. The molecule has 0 radical (unpaired) electrons. The first-order valence-electron chi connectivity index (χ1n) is 4.79. The molecule has 0 aliphatic rings. The summed E-state index contributed by atoms with van der Waals surface area (Å²) in [6.45, 7) is 0. The number of ether oxygens (including phenoxy) is 1. The highest BCUT2D eigenvalue weighted by Gasteiger charge is 2.16. The fraction of sp³-hybridized carbons (Fsp3) is 0. The lowest BCUT2D eigenvalue weighted by Gasteiger charge is -2.06. The fourth-order valence-electron chi connectivity index (χ4n) is 1.27. The number of halogens is 2. The number of pyridine rings is 1. The van der Waals surface area contributed by atoms with Gasteiger partial charge in [0, 0.05) is 10.5 Å². The number of nitro benzene ring substituents is 1. The van der Waals surface area contributed by atoms with Crippen LogP contribution in [0.15, 0.2) is 41.0 Å². The summed E-state index contributed by atoms with van der Waals surface area (Å²) in [6.07, 6.45) is 1.40. The van der Waals surface area contributed by atoms with Crippen molar-refractivity contribution in [3.8, 4) is 11.5 Å². The highest BCUT2D eigenvalue weighted by Crippen LogP contribution is 2.33. The third kappa shape index (κ3) is 2.96. The van der Waals surface area contributed by atoms with Crippen molar-refractivity contribution in [2.45, 2.75) is 0 Å². The molecule has 0 saturated heterocycles. The van der Waals surface area contributed by atoms with Gasteiger partial charge in [0.25, 0.3) is 0 Å². The number of benzene rings is 1. The molecule has 5 nitrogen and oxygen atoms in total. The number of hydrogen-bond acceptors (Lipinski definition) is 4. The number of rotatable bonds is 3. The Morgan fingerprint density at radius 3 is 2.72 bits per heavy atom. The summed E-state index contributed by atoms with van der Waals surface area (Å²) in [5.41, 5.74) is -0.126. The Hall–Kier alpha value is -1.66. The van der Waals surface area contributed by atoms with E-state index in [4.69, 9.17) is 16.3 Å². The van der Waals surface area contributed by atoms with Crippen LogP contribution in [0.4, 0.5) is 5.69 Å². The van der Waals surface area contributed by atoms with Crippen molar-refractivity contribution in [3.63, 3.8) is 0 Å². The highest BCUT2D eigenvalue weighted by atomic mass is 79.9. The molecule has 0 atom stereocenters. The third-order valence-corrected chi connectivity index (χ3v) is 2.76. The lowest BCUT2D eigenvalue weighted by atomic mass is 10.3. The molecule has 7 heteroatoms. The Labute approximate surface area is 116 Å². The molecule has 0 N–H and O–H groups in total. The zero-order valence-electron chi connectivity index (χ0n) is 8.84. The van der Waals surface area contributed by atoms with Gasteiger partial charge in [-0.05, 0) is 24.3 Å². The van der Waals surface area contributed by atoms with Crippen LogP contribution in [0, 0.1) is 10.1 Å². The van der Waals surface area contributed by atoms with E-state index in [9.17, 15) is 10.1 Å². The first-order chi connectivity index (χ1) is 8.56. The average Bonchev–Trinajstić information content (AvgIpc) is 2.34. The van der Waals surface area contributed by atoms with Crippen LogP contribution in [0.3, 0.4) is 0 Å². The van der Waals surface area contributed by atoms with Crippen LogP contribution in [-0.2, 0) is 0 Å². The molecular weight excluding hydrogens is 323 g/mol. The molecular formula is C11H6BrClN2O3. The quantitative estimate of drug-likeness (QED) is 0.481. The van der Waals surface area contributed by atoms with Gasteiger partial charge in [0.1, 0.15) is 10.9 Å². The van der Waals surface area contributed by atoms with Crippen LogP contribution in [0.25, 0.3) is 0 Å². The van der Waals surface area contributed by atoms with E-state index >= 15 is 0 Å². The van der Waals surface area contributed by atoms with E-state index < -0.39 is 4.92 Å². The molecule has 0 amide bonds. The zero-order valence-corrected chi connectivity index (χ0v) is 11.2. The van der Waals surface area contributed by atoms with E-state index in [1.807, 2.05) is 0 Å². The molecule has 0 fully saturated rings. The van der Waals surface area contributed by atoms with Gasteiger partial charge in [-0.25, -0.2) is 4.98 Å². The van der Waals surface area contributed by atoms with E-state index in [2.05, 4.69) is 20.9 Å². The zero-order chi connectivity index (χ0) is 13.1. The first kappa shape index (κ1) is 12.8. The monoisotopic (exact) mass is 328 g/mol. The van der Waals surface area contributed by atoms with E-state index in [0.29, 0.717) is 15.4 Å². The number of nitrogens with zero attached hydrogens (tertiary/aromatic N) is 2. The van der Waals surface area contributed by atoms with E-state index in [-0.39, 0.29) is 11.4 Å². The van der Waals surface area contributed by atoms with E-state index in [1.165, 1.54) is 18.3 Å². The van der Waals surface area contributed by atoms with Gasteiger partial charge in [-0.2, -0.15) is 0 Å². The molecule has 0 bridgehead atoms. The smallest absolute Gasteiger partial charge is 0.312 e. The van der Waals surface area contributed by atoms with Crippen LogP contribution in [0.5, 0.6) is 11.5 Å². The van der Waals surface area contributed by atoms with Crippen LogP contribution in [0.2, 0.25) is 5.15 Å². The summed E-state index contributed by atoms with van der Waals surface area (Å²) in [7, 11) is 0. The highest BCUT2D eigenvalue weighted by molar-refractivity contribution is 9.10. The van der Waals surface area contributed by atoms with Gasteiger partial charge >= 0.3 is 5.69 Å². The van der Waals surface area contributed by atoms with Gasteiger partial charge in [-0.15, -0.1) is 0 Å². The summed E-state index contributed by atoms with van der Waals surface area (Å²) in [5.74, 6) is 0.525. The normalized spacial score (nSPS) is 10.1. The summed E-state index contributed by atoms with van der Waals surface area (Å²) in [4.78, 5) is 14.2. The van der Waals surface area contributed by atoms with E-state index in [1.54, 1.807) is 18.2 Å². The Morgan fingerprint density at radius 2 is 2.11 bits per heavy atom. The molecule has 0 saturated carbocycles. The maximum absolute atomic E-state index is 10.9. The Morgan fingerprint density at radius 1 is 1.33 bits per heavy atom. The standard InChI is InChI=1S/C11H6BrClN2O3/c12-7-1-3-10(9(5-7)15(16)17)18-8-2-4-11(13)14-6-8/h1-6H. The minimum atomic E-state index is -0.510. The van der Waals surface area contributed by atoms with E-state index in [0.717, 1.165) is 0 Å². The van der Waals surface area contributed by atoms with Crippen molar-refractivity contribution in [1.82, 2.24) is 4.98 Å². The maximum Gasteiger partial charge on any atom is 0.312 e. The summed E-state index contributed by atoms with van der Waals surface area (Å²) < 4.78 is 6.00. The van der Waals surface area contributed by atoms with Crippen molar-refractivity contribution >= 4 is 33.2 Å². The number of aromatic nitrogens is 1. The number of nitro groups is 1. The Kier molecular flexibility index (Phi) is 3.78. The Balaban J connectivity index is 2.34.